The first kappa shape index (κ1) is 17.5. The standard InChI is InChI=1S/C21H27N7/c1-26-18(16-5-3-2-4-6-16)15-17-19(26)24-21(28-13-9-23-10-14-28)25-20(17)27-11-7-22-8-12-27/h2-6,15,22-23H,7-14H2,1H3. The van der Waals surface area contributed by atoms with Crippen molar-refractivity contribution in [3.63, 3.8) is 0 Å². The molecule has 0 amide bonds. The molecule has 0 unspecified atom stereocenters. The normalized spacial score (nSPS) is 18.0. The number of hydrogen-bond donors (Lipinski definition) is 2. The van der Waals surface area contributed by atoms with Crippen molar-refractivity contribution < 1.29 is 0 Å². The summed E-state index contributed by atoms with van der Waals surface area (Å²) in [7, 11) is 2.11. The average Bonchev–Trinajstić information content (AvgIpc) is 3.11. The lowest BCUT2D eigenvalue weighted by molar-refractivity contribution is 0.574. The van der Waals surface area contributed by atoms with Crippen LogP contribution in [-0.4, -0.2) is 66.9 Å². The van der Waals surface area contributed by atoms with Crippen molar-refractivity contribution in [3.8, 4) is 11.3 Å². The predicted octanol–water partition coefficient (Wildman–Crippen LogP) is 1.45. The second kappa shape index (κ2) is 7.41. The maximum atomic E-state index is 5.07. The molecule has 0 spiro atoms. The summed E-state index contributed by atoms with van der Waals surface area (Å²) in [5.41, 5.74) is 3.40. The number of hydrogen-bond acceptors (Lipinski definition) is 6. The second-order valence-corrected chi connectivity index (χ2v) is 7.51. The summed E-state index contributed by atoms with van der Waals surface area (Å²) >= 11 is 0. The fourth-order valence-corrected chi connectivity index (χ4v) is 4.18. The smallest absolute Gasteiger partial charge is 0.229 e. The van der Waals surface area contributed by atoms with Gasteiger partial charge in [-0.1, -0.05) is 30.3 Å². The maximum absolute atomic E-state index is 5.07. The molecule has 2 aliphatic rings. The molecule has 3 aromatic rings. The lowest BCUT2D eigenvalue weighted by atomic mass is 10.1. The van der Waals surface area contributed by atoms with Crippen molar-refractivity contribution in [2.45, 2.75) is 0 Å². The van der Waals surface area contributed by atoms with Gasteiger partial charge in [0.2, 0.25) is 5.95 Å². The SMILES string of the molecule is Cn1c(-c2ccccc2)cc2c(N3CCNCC3)nc(N3CCNCC3)nc21. The number of anilines is 2. The Morgan fingerprint density at radius 2 is 1.46 bits per heavy atom. The van der Waals surface area contributed by atoms with E-state index in [1.54, 1.807) is 0 Å². The number of benzene rings is 1. The van der Waals surface area contributed by atoms with Crippen LogP contribution < -0.4 is 20.4 Å². The Balaban J connectivity index is 1.67. The summed E-state index contributed by atoms with van der Waals surface area (Å²) in [6.07, 6.45) is 0. The van der Waals surface area contributed by atoms with Gasteiger partial charge in [-0.25, -0.2) is 0 Å². The van der Waals surface area contributed by atoms with E-state index in [1.807, 2.05) is 0 Å². The molecule has 2 fully saturated rings. The zero-order valence-electron chi connectivity index (χ0n) is 16.4. The van der Waals surface area contributed by atoms with E-state index in [4.69, 9.17) is 9.97 Å². The van der Waals surface area contributed by atoms with Crippen LogP contribution in [0.5, 0.6) is 0 Å². The van der Waals surface area contributed by atoms with Gasteiger partial charge < -0.3 is 25.0 Å². The van der Waals surface area contributed by atoms with Gasteiger partial charge in [-0.05, 0) is 11.6 Å². The molecular formula is C21H27N7. The predicted molar refractivity (Wildman–Crippen MR) is 114 cm³/mol. The molecule has 5 rings (SSSR count). The summed E-state index contributed by atoms with van der Waals surface area (Å²) in [5.74, 6) is 1.92. The van der Waals surface area contributed by atoms with Crippen molar-refractivity contribution in [2.75, 3.05) is 62.2 Å². The van der Waals surface area contributed by atoms with Crippen LogP contribution >= 0.6 is 0 Å². The molecule has 2 aliphatic heterocycles. The topological polar surface area (TPSA) is 61.3 Å². The molecule has 28 heavy (non-hydrogen) atoms. The molecule has 7 nitrogen and oxygen atoms in total. The van der Waals surface area contributed by atoms with Gasteiger partial charge in [0.1, 0.15) is 11.5 Å². The fraction of sp³-hybridized carbons (Fsp3) is 0.429. The van der Waals surface area contributed by atoms with E-state index in [9.17, 15) is 0 Å². The number of piperazine rings is 2. The molecule has 2 N–H and O–H groups in total. The minimum atomic E-state index is 0.850. The molecule has 0 bridgehead atoms. The number of nitrogens with one attached hydrogen (secondary N) is 2. The third-order valence-electron chi connectivity index (χ3n) is 5.74. The molecule has 7 heteroatoms. The lowest BCUT2D eigenvalue weighted by Crippen LogP contribution is -2.45. The van der Waals surface area contributed by atoms with Gasteiger partial charge in [0.15, 0.2) is 0 Å². The van der Waals surface area contributed by atoms with Crippen LogP contribution in [0.25, 0.3) is 22.3 Å². The first-order valence-corrected chi connectivity index (χ1v) is 10.2. The quantitative estimate of drug-likeness (QED) is 0.721. The van der Waals surface area contributed by atoms with Crippen molar-refractivity contribution in [3.05, 3.63) is 36.4 Å². The molecule has 1 aromatic carbocycles. The van der Waals surface area contributed by atoms with Gasteiger partial charge in [0, 0.05) is 59.4 Å². The Labute approximate surface area is 165 Å². The Bertz CT molecular complexity index is 954. The lowest BCUT2D eigenvalue weighted by Gasteiger charge is -2.31. The first-order chi connectivity index (χ1) is 13.8. The van der Waals surface area contributed by atoms with Crippen LogP contribution in [0, 0.1) is 0 Å². The molecule has 2 saturated heterocycles. The van der Waals surface area contributed by atoms with Gasteiger partial charge in [0.25, 0.3) is 0 Å². The second-order valence-electron chi connectivity index (χ2n) is 7.51. The number of aryl methyl sites for hydroxylation is 1. The Morgan fingerprint density at radius 1 is 0.821 bits per heavy atom. The minimum absolute atomic E-state index is 0.850. The molecule has 4 heterocycles. The van der Waals surface area contributed by atoms with Crippen LogP contribution in [0.4, 0.5) is 11.8 Å². The third kappa shape index (κ3) is 3.10. The summed E-state index contributed by atoms with van der Waals surface area (Å²) in [6.45, 7) is 7.79. The van der Waals surface area contributed by atoms with Gasteiger partial charge in [-0.3, -0.25) is 0 Å². The van der Waals surface area contributed by atoms with Crippen molar-refractivity contribution >= 4 is 22.8 Å². The number of rotatable bonds is 3. The van der Waals surface area contributed by atoms with Crippen molar-refractivity contribution in [1.29, 1.82) is 0 Å². The largest absolute Gasteiger partial charge is 0.353 e. The minimum Gasteiger partial charge on any atom is -0.353 e. The van der Waals surface area contributed by atoms with Crippen LogP contribution in [0.1, 0.15) is 0 Å². The maximum Gasteiger partial charge on any atom is 0.229 e. The highest BCUT2D eigenvalue weighted by Gasteiger charge is 2.23. The molecule has 146 valence electrons. The van der Waals surface area contributed by atoms with Gasteiger partial charge in [0.05, 0.1) is 11.1 Å². The van der Waals surface area contributed by atoms with E-state index in [-0.39, 0.29) is 0 Å². The van der Waals surface area contributed by atoms with Crippen molar-refractivity contribution in [2.24, 2.45) is 7.05 Å². The van der Waals surface area contributed by atoms with E-state index < -0.39 is 0 Å². The molecule has 0 atom stereocenters. The Hall–Kier alpha value is -2.64. The highest BCUT2D eigenvalue weighted by Crippen LogP contribution is 2.33. The zero-order valence-corrected chi connectivity index (χ0v) is 16.4. The monoisotopic (exact) mass is 377 g/mol. The van der Waals surface area contributed by atoms with E-state index in [2.05, 4.69) is 68.4 Å². The van der Waals surface area contributed by atoms with E-state index in [1.165, 1.54) is 11.3 Å². The van der Waals surface area contributed by atoms with Crippen LogP contribution in [0.2, 0.25) is 0 Å². The number of nitrogens with zero attached hydrogens (tertiary/aromatic N) is 5. The molecule has 2 aromatic heterocycles. The average molecular weight is 377 g/mol. The van der Waals surface area contributed by atoms with E-state index in [0.29, 0.717) is 0 Å². The van der Waals surface area contributed by atoms with Crippen LogP contribution in [-0.2, 0) is 7.05 Å². The Kier molecular flexibility index (Phi) is 4.62. The summed E-state index contributed by atoms with van der Waals surface area (Å²) in [5, 5.41) is 8.00. The van der Waals surface area contributed by atoms with Gasteiger partial charge in [-0.2, -0.15) is 9.97 Å². The van der Waals surface area contributed by atoms with E-state index >= 15 is 0 Å². The van der Waals surface area contributed by atoms with Crippen LogP contribution in [0.15, 0.2) is 36.4 Å². The highest BCUT2D eigenvalue weighted by atomic mass is 15.3. The molecular weight excluding hydrogens is 350 g/mol. The molecule has 0 aliphatic carbocycles. The van der Waals surface area contributed by atoms with E-state index in [0.717, 1.165) is 75.2 Å². The van der Waals surface area contributed by atoms with Gasteiger partial charge in [-0.15, -0.1) is 0 Å². The highest BCUT2D eigenvalue weighted by molar-refractivity contribution is 5.94. The Morgan fingerprint density at radius 3 is 2.14 bits per heavy atom. The van der Waals surface area contributed by atoms with Crippen LogP contribution in [0.3, 0.4) is 0 Å². The van der Waals surface area contributed by atoms with Crippen molar-refractivity contribution in [1.82, 2.24) is 25.2 Å². The number of fused-ring (bicyclic) bond motifs is 1. The van der Waals surface area contributed by atoms with Gasteiger partial charge >= 0.3 is 0 Å². The fourth-order valence-electron chi connectivity index (χ4n) is 4.18. The molecule has 0 radical (unpaired) electrons. The third-order valence-corrected chi connectivity index (χ3v) is 5.74. The summed E-state index contributed by atoms with van der Waals surface area (Å²) in [4.78, 5) is 14.8. The molecule has 0 saturated carbocycles. The first-order valence-electron chi connectivity index (χ1n) is 10.2. The zero-order chi connectivity index (χ0) is 18.9. The summed E-state index contributed by atoms with van der Waals surface area (Å²) < 4.78 is 2.21. The summed E-state index contributed by atoms with van der Waals surface area (Å²) in [6, 6.07) is 12.8. The number of aromatic nitrogens is 3.